The van der Waals surface area contributed by atoms with Crippen LogP contribution in [0.2, 0.25) is 0 Å². The molecule has 0 N–H and O–H groups in total. The van der Waals surface area contributed by atoms with Gasteiger partial charge in [0.1, 0.15) is 0 Å². The summed E-state index contributed by atoms with van der Waals surface area (Å²) in [5.74, 6) is 0.570. The zero-order valence-electron chi connectivity index (χ0n) is 8.91. The molecule has 0 aliphatic rings. The van der Waals surface area contributed by atoms with Crippen molar-refractivity contribution < 1.29 is 0 Å². The third-order valence-corrected chi connectivity index (χ3v) is 3.08. The topological polar surface area (TPSA) is 12.9 Å². The predicted molar refractivity (Wildman–Crippen MR) is 61.7 cm³/mol. The molecular weight excluding hydrogens is 194 g/mol. The van der Waals surface area contributed by atoms with Crippen molar-refractivity contribution in [3.8, 4) is 0 Å². The number of alkyl halides is 1. The fourth-order valence-corrected chi connectivity index (χ4v) is 1.51. The van der Waals surface area contributed by atoms with E-state index in [4.69, 9.17) is 11.6 Å². The molecule has 1 rings (SSSR count). The van der Waals surface area contributed by atoms with E-state index >= 15 is 0 Å². The molecule has 0 spiro atoms. The van der Waals surface area contributed by atoms with E-state index in [1.54, 1.807) is 0 Å². The van der Waals surface area contributed by atoms with Crippen molar-refractivity contribution in [1.29, 1.82) is 0 Å². The number of aryl methyl sites for hydroxylation is 1. The molecule has 0 bridgehead atoms. The predicted octanol–water partition coefficient (Wildman–Crippen LogP) is 3.67. The maximum atomic E-state index is 6.16. The summed E-state index contributed by atoms with van der Waals surface area (Å²) < 4.78 is 0. The zero-order valence-corrected chi connectivity index (χ0v) is 9.67. The van der Waals surface area contributed by atoms with Gasteiger partial charge in [-0.3, -0.25) is 4.98 Å². The van der Waals surface area contributed by atoms with Crippen molar-refractivity contribution in [2.24, 2.45) is 5.92 Å². The Morgan fingerprint density at radius 3 is 2.71 bits per heavy atom. The molecule has 0 radical (unpaired) electrons. The number of nitrogens with zero attached hydrogens (tertiary/aromatic N) is 1. The van der Waals surface area contributed by atoms with Gasteiger partial charge in [0.05, 0.1) is 0 Å². The van der Waals surface area contributed by atoms with Crippen LogP contribution in [0.5, 0.6) is 0 Å². The third kappa shape index (κ3) is 4.10. The highest BCUT2D eigenvalue weighted by atomic mass is 35.5. The van der Waals surface area contributed by atoms with Crippen molar-refractivity contribution in [2.75, 3.05) is 0 Å². The lowest BCUT2D eigenvalue weighted by Gasteiger charge is -2.12. The largest absolute Gasteiger partial charge is 0.261 e. The molecule has 1 heterocycles. The Labute approximate surface area is 91.5 Å². The van der Waals surface area contributed by atoms with Crippen LogP contribution in [0.3, 0.4) is 0 Å². The van der Waals surface area contributed by atoms with Gasteiger partial charge in [-0.2, -0.15) is 0 Å². The molecule has 2 heteroatoms. The Morgan fingerprint density at radius 2 is 2.14 bits per heavy atom. The summed E-state index contributed by atoms with van der Waals surface area (Å²) in [7, 11) is 0. The van der Waals surface area contributed by atoms with Crippen LogP contribution in [0.4, 0.5) is 0 Å². The number of hydrogen-bond donors (Lipinski definition) is 0. The number of pyridine rings is 1. The maximum Gasteiger partial charge on any atom is 0.0403 e. The molecule has 1 nitrogen and oxygen atoms in total. The van der Waals surface area contributed by atoms with Crippen molar-refractivity contribution >= 4 is 11.6 Å². The quantitative estimate of drug-likeness (QED) is 0.678. The van der Waals surface area contributed by atoms with E-state index < -0.39 is 0 Å². The second kappa shape index (κ2) is 6.02. The molecule has 0 saturated carbocycles. The summed E-state index contributed by atoms with van der Waals surface area (Å²) in [6, 6.07) is 6.05. The van der Waals surface area contributed by atoms with Gasteiger partial charge in [-0.15, -0.1) is 11.6 Å². The van der Waals surface area contributed by atoms with Crippen LogP contribution in [-0.2, 0) is 6.42 Å². The normalized spacial score (nSPS) is 13.1. The minimum atomic E-state index is 0.304. The number of aromatic nitrogens is 1. The second-order valence-corrected chi connectivity index (χ2v) is 4.53. The highest BCUT2D eigenvalue weighted by molar-refractivity contribution is 6.20. The molecule has 1 atom stereocenters. The first-order valence-electron chi connectivity index (χ1n) is 5.24. The minimum Gasteiger partial charge on any atom is -0.261 e. The molecule has 78 valence electrons. The summed E-state index contributed by atoms with van der Waals surface area (Å²) in [6.07, 6.45) is 5.09. The van der Waals surface area contributed by atoms with E-state index in [1.807, 2.05) is 18.3 Å². The van der Waals surface area contributed by atoms with Crippen LogP contribution >= 0.6 is 11.6 Å². The molecular formula is C12H18ClN. The molecule has 1 unspecified atom stereocenters. The summed E-state index contributed by atoms with van der Waals surface area (Å²) in [5.41, 5.74) is 1.17. The Hall–Kier alpha value is -0.560. The molecule has 0 amide bonds. The van der Waals surface area contributed by atoms with Gasteiger partial charge in [-0.25, -0.2) is 0 Å². The molecule has 0 saturated heterocycles. The molecule has 0 aliphatic heterocycles. The highest BCUT2D eigenvalue weighted by Gasteiger charge is 2.08. The van der Waals surface area contributed by atoms with E-state index in [0.717, 1.165) is 19.3 Å². The first kappa shape index (κ1) is 11.5. The van der Waals surface area contributed by atoms with Gasteiger partial charge in [0.2, 0.25) is 0 Å². The Bertz CT molecular complexity index is 246. The third-order valence-electron chi connectivity index (χ3n) is 2.36. The van der Waals surface area contributed by atoms with Gasteiger partial charge in [0.25, 0.3) is 0 Å². The summed E-state index contributed by atoms with van der Waals surface area (Å²) in [4.78, 5) is 4.28. The fraction of sp³-hybridized carbons (Fsp3) is 0.583. The molecule has 1 aromatic rings. The van der Waals surface area contributed by atoms with E-state index in [1.165, 1.54) is 5.69 Å². The molecule has 0 fully saturated rings. The smallest absolute Gasteiger partial charge is 0.0403 e. The first-order valence-corrected chi connectivity index (χ1v) is 5.67. The van der Waals surface area contributed by atoms with Crippen molar-refractivity contribution in [3.05, 3.63) is 30.1 Å². The van der Waals surface area contributed by atoms with Crippen LogP contribution < -0.4 is 0 Å². The lowest BCUT2D eigenvalue weighted by molar-refractivity contribution is 0.545. The standard InChI is InChI=1S/C12H18ClN/c1-10(2)12(13)8-5-7-11-6-3-4-9-14-11/h3-4,6,9-10,12H,5,7-8H2,1-2H3. The molecule has 14 heavy (non-hydrogen) atoms. The zero-order chi connectivity index (χ0) is 10.4. The van der Waals surface area contributed by atoms with E-state index in [-0.39, 0.29) is 0 Å². The van der Waals surface area contributed by atoms with Crippen LogP contribution in [-0.4, -0.2) is 10.4 Å². The number of hydrogen-bond acceptors (Lipinski definition) is 1. The first-order chi connectivity index (χ1) is 6.70. The lowest BCUT2D eigenvalue weighted by atomic mass is 10.0. The Balaban J connectivity index is 2.22. The van der Waals surface area contributed by atoms with Crippen LogP contribution in [0.1, 0.15) is 32.4 Å². The fourth-order valence-electron chi connectivity index (χ4n) is 1.36. The Morgan fingerprint density at radius 1 is 1.36 bits per heavy atom. The van der Waals surface area contributed by atoms with Crippen LogP contribution in [0, 0.1) is 5.92 Å². The van der Waals surface area contributed by atoms with Gasteiger partial charge < -0.3 is 0 Å². The maximum absolute atomic E-state index is 6.16. The SMILES string of the molecule is CC(C)C(Cl)CCCc1ccccn1. The summed E-state index contributed by atoms with van der Waals surface area (Å²) >= 11 is 6.16. The Kier molecular flexibility index (Phi) is 4.95. The number of halogens is 1. The molecule has 1 aromatic heterocycles. The van der Waals surface area contributed by atoms with E-state index in [0.29, 0.717) is 11.3 Å². The monoisotopic (exact) mass is 211 g/mol. The van der Waals surface area contributed by atoms with Gasteiger partial charge in [-0.1, -0.05) is 19.9 Å². The minimum absolute atomic E-state index is 0.304. The summed E-state index contributed by atoms with van der Waals surface area (Å²) in [5, 5.41) is 0.304. The van der Waals surface area contributed by atoms with Gasteiger partial charge in [-0.05, 0) is 37.3 Å². The van der Waals surface area contributed by atoms with E-state index in [9.17, 15) is 0 Å². The van der Waals surface area contributed by atoms with Crippen LogP contribution in [0.25, 0.3) is 0 Å². The van der Waals surface area contributed by atoms with Crippen molar-refractivity contribution in [2.45, 2.75) is 38.5 Å². The summed E-state index contributed by atoms with van der Waals surface area (Å²) in [6.45, 7) is 4.33. The molecule has 0 aromatic carbocycles. The number of rotatable bonds is 5. The van der Waals surface area contributed by atoms with Gasteiger partial charge in [0, 0.05) is 17.3 Å². The van der Waals surface area contributed by atoms with Gasteiger partial charge in [0.15, 0.2) is 0 Å². The average molecular weight is 212 g/mol. The van der Waals surface area contributed by atoms with Crippen molar-refractivity contribution in [1.82, 2.24) is 4.98 Å². The average Bonchev–Trinajstić information content (AvgIpc) is 2.19. The molecule has 0 aliphatic carbocycles. The van der Waals surface area contributed by atoms with Crippen LogP contribution in [0.15, 0.2) is 24.4 Å². The second-order valence-electron chi connectivity index (χ2n) is 3.97. The van der Waals surface area contributed by atoms with Crippen molar-refractivity contribution in [3.63, 3.8) is 0 Å². The van der Waals surface area contributed by atoms with Gasteiger partial charge >= 0.3 is 0 Å². The lowest BCUT2D eigenvalue weighted by Crippen LogP contribution is -2.07. The van der Waals surface area contributed by atoms with E-state index in [2.05, 4.69) is 24.9 Å². The highest BCUT2D eigenvalue weighted by Crippen LogP contribution is 2.16.